The zero-order valence-electron chi connectivity index (χ0n) is 5.47. The third-order valence-corrected chi connectivity index (χ3v) is 1.62. The van der Waals surface area contributed by atoms with Crippen molar-refractivity contribution >= 4 is 18.6 Å². The minimum Gasteiger partial charge on any atom is -0.292 e. The van der Waals surface area contributed by atoms with Gasteiger partial charge in [0.25, 0.3) is 0 Å². The molecule has 0 N–H and O–H groups in total. The van der Waals surface area contributed by atoms with Crippen LogP contribution in [0.4, 0.5) is 0 Å². The SMILES string of the molecule is CCCCCO[P](=O)Cl. The van der Waals surface area contributed by atoms with E-state index in [0.717, 1.165) is 19.3 Å². The predicted octanol–water partition coefficient (Wildman–Crippen LogP) is 3.09. The van der Waals surface area contributed by atoms with Crippen molar-refractivity contribution in [1.29, 1.82) is 0 Å². The van der Waals surface area contributed by atoms with E-state index in [4.69, 9.17) is 11.2 Å². The maximum absolute atomic E-state index is 10.1. The first-order valence-electron chi connectivity index (χ1n) is 3.03. The van der Waals surface area contributed by atoms with Gasteiger partial charge < -0.3 is 0 Å². The molecule has 0 fully saturated rings. The standard InChI is InChI=1S/C5H11ClO2P/c1-2-3-4-5-8-9(6)7/h2-5H2,1H3. The molecule has 0 aliphatic rings. The molecule has 1 atom stereocenters. The molecule has 0 heterocycles. The largest absolute Gasteiger partial charge is 0.315 e. The fraction of sp³-hybridized carbons (Fsp3) is 1.00. The van der Waals surface area contributed by atoms with E-state index in [9.17, 15) is 4.57 Å². The van der Waals surface area contributed by atoms with E-state index < -0.39 is 7.38 Å². The number of hydrogen-bond acceptors (Lipinski definition) is 2. The monoisotopic (exact) mass is 169 g/mol. The zero-order chi connectivity index (χ0) is 7.11. The van der Waals surface area contributed by atoms with Crippen LogP contribution >= 0.6 is 18.6 Å². The molecule has 0 spiro atoms. The van der Waals surface area contributed by atoms with Crippen LogP contribution in [-0.4, -0.2) is 6.61 Å². The Morgan fingerprint density at radius 1 is 1.56 bits per heavy atom. The summed E-state index contributed by atoms with van der Waals surface area (Å²) in [6.45, 7) is 2.62. The summed E-state index contributed by atoms with van der Waals surface area (Å²) in [5, 5.41) is 0. The van der Waals surface area contributed by atoms with Crippen LogP contribution in [0.25, 0.3) is 0 Å². The second-order valence-electron chi connectivity index (χ2n) is 1.75. The van der Waals surface area contributed by atoms with Gasteiger partial charge in [0.1, 0.15) is 0 Å². The molecule has 1 radical (unpaired) electrons. The molecule has 0 rings (SSSR count). The van der Waals surface area contributed by atoms with Crippen molar-refractivity contribution in [2.75, 3.05) is 6.61 Å². The zero-order valence-corrected chi connectivity index (χ0v) is 7.12. The van der Waals surface area contributed by atoms with Crippen LogP contribution < -0.4 is 0 Å². The Morgan fingerprint density at radius 3 is 2.67 bits per heavy atom. The van der Waals surface area contributed by atoms with Gasteiger partial charge in [0.05, 0.1) is 6.61 Å². The van der Waals surface area contributed by atoms with Crippen molar-refractivity contribution in [3.63, 3.8) is 0 Å². The van der Waals surface area contributed by atoms with Gasteiger partial charge in [0.2, 0.25) is 0 Å². The maximum atomic E-state index is 10.1. The number of rotatable bonds is 5. The minimum absolute atomic E-state index is 0.520. The molecule has 4 heteroatoms. The lowest BCUT2D eigenvalue weighted by Gasteiger charge is -1.94. The van der Waals surface area contributed by atoms with Crippen LogP contribution in [0.15, 0.2) is 0 Å². The maximum Gasteiger partial charge on any atom is 0.315 e. The summed E-state index contributed by atoms with van der Waals surface area (Å²) in [5.41, 5.74) is 0. The third-order valence-electron chi connectivity index (χ3n) is 0.941. The average molecular weight is 170 g/mol. The van der Waals surface area contributed by atoms with Crippen LogP contribution in [0.2, 0.25) is 0 Å². The smallest absolute Gasteiger partial charge is 0.292 e. The predicted molar refractivity (Wildman–Crippen MR) is 38.9 cm³/mol. The number of hydrogen-bond donors (Lipinski definition) is 0. The minimum atomic E-state index is -1.89. The fourth-order valence-electron chi connectivity index (χ4n) is 0.488. The Balaban J connectivity index is 2.83. The average Bonchev–Trinajstić information content (AvgIpc) is 1.80. The molecule has 0 saturated carbocycles. The first kappa shape index (κ1) is 9.35. The van der Waals surface area contributed by atoms with Gasteiger partial charge in [-0.3, -0.25) is 4.52 Å². The van der Waals surface area contributed by atoms with Crippen LogP contribution in [0, 0.1) is 0 Å². The van der Waals surface area contributed by atoms with E-state index >= 15 is 0 Å². The number of unbranched alkanes of at least 4 members (excludes halogenated alkanes) is 2. The quantitative estimate of drug-likeness (QED) is 0.467. The molecular formula is C5H11ClO2P. The highest BCUT2D eigenvalue weighted by molar-refractivity contribution is 7.69. The fourth-order valence-corrected chi connectivity index (χ4v) is 0.968. The highest BCUT2D eigenvalue weighted by Crippen LogP contribution is 2.27. The lowest BCUT2D eigenvalue weighted by molar-refractivity contribution is 0.326. The van der Waals surface area contributed by atoms with Crippen molar-refractivity contribution < 1.29 is 9.09 Å². The summed E-state index contributed by atoms with van der Waals surface area (Å²) in [6, 6.07) is 0. The third kappa shape index (κ3) is 8.35. The van der Waals surface area contributed by atoms with Crippen molar-refractivity contribution in [1.82, 2.24) is 0 Å². The van der Waals surface area contributed by atoms with Gasteiger partial charge in [0.15, 0.2) is 0 Å². The Kier molecular flexibility index (Phi) is 6.72. The summed E-state index contributed by atoms with van der Waals surface area (Å²) >= 11 is 5.04. The van der Waals surface area contributed by atoms with Crippen LogP contribution in [-0.2, 0) is 9.09 Å². The first-order chi connectivity index (χ1) is 4.27. The molecule has 1 unspecified atom stereocenters. The molecule has 0 aromatic carbocycles. The lowest BCUT2D eigenvalue weighted by atomic mass is 10.3. The second kappa shape index (κ2) is 6.47. The van der Waals surface area contributed by atoms with Crippen molar-refractivity contribution in [3.05, 3.63) is 0 Å². The van der Waals surface area contributed by atoms with Crippen molar-refractivity contribution in [2.45, 2.75) is 26.2 Å². The van der Waals surface area contributed by atoms with Crippen LogP contribution in [0.5, 0.6) is 0 Å². The molecule has 9 heavy (non-hydrogen) atoms. The molecule has 0 bridgehead atoms. The Hall–Kier alpha value is 0.350. The lowest BCUT2D eigenvalue weighted by Crippen LogP contribution is -1.83. The second-order valence-corrected chi connectivity index (χ2v) is 3.26. The summed E-state index contributed by atoms with van der Waals surface area (Å²) in [4.78, 5) is 0. The van der Waals surface area contributed by atoms with E-state index in [1.807, 2.05) is 0 Å². The van der Waals surface area contributed by atoms with E-state index in [1.165, 1.54) is 0 Å². The van der Waals surface area contributed by atoms with Crippen LogP contribution in [0.1, 0.15) is 26.2 Å². The Labute approximate surface area is 61.2 Å². The molecule has 0 amide bonds. The number of halogens is 1. The normalized spacial score (nSPS) is 11.6. The van der Waals surface area contributed by atoms with E-state index in [-0.39, 0.29) is 0 Å². The van der Waals surface area contributed by atoms with Gasteiger partial charge in [-0.2, -0.15) is 0 Å². The molecular weight excluding hydrogens is 158 g/mol. The molecule has 0 saturated heterocycles. The van der Waals surface area contributed by atoms with Gasteiger partial charge in [0, 0.05) is 11.2 Å². The molecule has 55 valence electrons. The summed E-state index contributed by atoms with van der Waals surface area (Å²) in [7, 11) is -1.89. The van der Waals surface area contributed by atoms with Crippen LogP contribution in [0.3, 0.4) is 0 Å². The van der Waals surface area contributed by atoms with Gasteiger partial charge in [-0.15, -0.1) is 0 Å². The Bertz CT molecular complexity index is 87.0. The first-order valence-corrected chi connectivity index (χ1v) is 5.11. The van der Waals surface area contributed by atoms with Gasteiger partial charge >= 0.3 is 7.38 Å². The highest BCUT2D eigenvalue weighted by atomic mass is 35.7. The Morgan fingerprint density at radius 2 is 2.22 bits per heavy atom. The van der Waals surface area contributed by atoms with Crippen molar-refractivity contribution in [3.8, 4) is 0 Å². The summed E-state index contributed by atoms with van der Waals surface area (Å²) < 4.78 is 14.7. The van der Waals surface area contributed by atoms with Gasteiger partial charge in [-0.1, -0.05) is 19.8 Å². The van der Waals surface area contributed by atoms with Crippen molar-refractivity contribution in [2.24, 2.45) is 0 Å². The van der Waals surface area contributed by atoms with E-state index in [2.05, 4.69) is 11.4 Å². The van der Waals surface area contributed by atoms with E-state index in [0.29, 0.717) is 6.61 Å². The molecule has 0 aliphatic heterocycles. The van der Waals surface area contributed by atoms with Gasteiger partial charge in [-0.05, 0) is 6.42 Å². The summed E-state index contributed by atoms with van der Waals surface area (Å²) in [5.74, 6) is 0. The molecule has 2 nitrogen and oxygen atoms in total. The van der Waals surface area contributed by atoms with E-state index in [1.54, 1.807) is 0 Å². The van der Waals surface area contributed by atoms with Gasteiger partial charge in [-0.25, -0.2) is 4.57 Å². The molecule has 0 aliphatic carbocycles. The summed E-state index contributed by atoms with van der Waals surface area (Å²) in [6.07, 6.45) is 3.20. The topological polar surface area (TPSA) is 26.3 Å². The molecule has 0 aromatic heterocycles. The highest BCUT2D eigenvalue weighted by Gasteiger charge is 1.92. The molecule has 0 aromatic rings.